The first kappa shape index (κ1) is 14.2. The second-order valence-corrected chi connectivity index (χ2v) is 5.58. The van der Waals surface area contributed by atoms with Gasteiger partial charge in [0.05, 0.1) is 6.61 Å². The average Bonchev–Trinajstić information content (AvgIpc) is 2.47. The number of ether oxygens (including phenoxy) is 1. The number of halogens is 2. The van der Waals surface area contributed by atoms with Crippen molar-refractivity contribution >= 4 is 16.6 Å². The van der Waals surface area contributed by atoms with Gasteiger partial charge in [-0.2, -0.15) is 0 Å². The summed E-state index contributed by atoms with van der Waals surface area (Å²) in [6.45, 7) is 2.38. The molecule has 1 unspecified atom stereocenters. The van der Waals surface area contributed by atoms with Gasteiger partial charge in [0.25, 0.3) is 0 Å². The zero-order chi connectivity index (χ0) is 14.8. The Morgan fingerprint density at radius 2 is 2.24 bits per heavy atom. The predicted molar refractivity (Wildman–Crippen MR) is 78.5 cm³/mol. The highest BCUT2D eigenvalue weighted by atomic mass is 19.1. The standard InChI is InChI=1S/C16H18F2N2O/c1-20(9-11-3-2-6-21-10-11)15-4-5-19-16-13(15)7-12(17)8-14(16)18/h4-5,7-8,11H,2-3,6,9-10H2,1H3. The summed E-state index contributed by atoms with van der Waals surface area (Å²) in [6.07, 6.45) is 3.75. The zero-order valence-corrected chi connectivity index (χ0v) is 12.0. The van der Waals surface area contributed by atoms with Crippen LogP contribution in [0.2, 0.25) is 0 Å². The van der Waals surface area contributed by atoms with Crippen molar-refractivity contribution in [2.24, 2.45) is 5.92 Å². The van der Waals surface area contributed by atoms with Crippen LogP contribution in [0, 0.1) is 17.6 Å². The lowest BCUT2D eigenvalue weighted by Crippen LogP contribution is -2.31. The van der Waals surface area contributed by atoms with Crippen LogP contribution in [0.15, 0.2) is 24.4 Å². The second kappa shape index (κ2) is 5.93. The Hall–Kier alpha value is -1.75. The minimum Gasteiger partial charge on any atom is -0.381 e. The van der Waals surface area contributed by atoms with Gasteiger partial charge in [0.2, 0.25) is 0 Å². The van der Waals surface area contributed by atoms with Gasteiger partial charge in [0.1, 0.15) is 11.3 Å². The van der Waals surface area contributed by atoms with E-state index in [0.717, 1.165) is 44.4 Å². The fourth-order valence-corrected chi connectivity index (χ4v) is 2.93. The summed E-state index contributed by atoms with van der Waals surface area (Å²) in [5.41, 5.74) is 1.00. The number of fused-ring (bicyclic) bond motifs is 1. The van der Waals surface area contributed by atoms with E-state index >= 15 is 0 Å². The van der Waals surface area contributed by atoms with Crippen molar-refractivity contribution in [2.75, 3.05) is 31.7 Å². The molecule has 0 saturated carbocycles. The third-order valence-electron chi connectivity index (χ3n) is 3.94. The van der Waals surface area contributed by atoms with E-state index in [2.05, 4.69) is 4.98 Å². The quantitative estimate of drug-likeness (QED) is 0.867. The van der Waals surface area contributed by atoms with E-state index in [0.29, 0.717) is 11.3 Å². The molecule has 1 saturated heterocycles. The first-order chi connectivity index (χ1) is 10.1. The zero-order valence-electron chi connectivity index (χ0n) is 12.0. The van der Waals surface area contributed by atoms with E-state index in [1.54, 1.807) is 12.3 Å². The minimum atomic E-state index is -0.624. The SMILES string of the molecule is CN(CC1CCCOC1)c1ccnc2c(F)cc(F)cc12. The summed E-state index contributed by atoms with van der Waals surface area (Å²) in [4.78, 5) is 6.05. The van der Waals surface area contributed by atoms with Crippen molar-refractivity contribution in [3.05, 3.63) is 36.0 Å². The van der Waals surface area contributed by atoms with Crippen LogP contribution in [0.3, 0.4) is 0 Å². The smallest absolute Gasteiger partial charge is 0.152 e. The molecule has 0 amide bonds. The van der Waals surface area contributed by atoms with Crippen LogP contribution in [0.25, 0.3) is 10.9 Å². The molecular formula is C16H18F2N2O. The Morgan fingerprint density at radius 1 is 1.38 bits per heavy atom. The van der Waals surface area contributed by atoms with Crippen LogP contribution in [-0.2, 0) is 4.74 Å². The van der Waals surface area contributed by atoms with Gasteiger partial charge >= 0.3 is 0 Å². The Kier molecular flexibility index (Phi) is 4.01. The molecule has 2 aromatic rings. The van der Waals surface area contributed by atoms with Gasteiger partial charge in [-0.3, -0.25) is 4.98 Å². The highest BCUT2D eigenvalue weighted by molar-refractivity contribution is 5.91. The van der Waals surface area contributed by atoms with Gasteiger partial charge in [0.15, 0.2) is 5.82 Å². The summed E-state index contributed by atoms with van der Waals surface area (Å²) >= 11 is 0. The van der Waals surface area contributed by atoms with Crippen molar-refractivity contribution < 1.29 is 13.5 Å². The number of pyridine rings is 1. The summed E-state index contributed by atoms with van der Waals surface area (Å²) in [6, 6.07) is 4.01. The van der Waals surface area contributed by atoms with Gasteiger partial charge in [-0.15, -0.1) is 0 Å². The maximum absolute atomic E-state index is 13.8. The van der Waals surface area contributed by atoms with Crippen LogP contribution in [0.5, 0.6) is 0 Å². The third-order valence-corrected chi connectivity index (χ3v) is 3.94. The monoisotopic (exact) mass is 292 g/mol. The maximum Gasteiger partial charge on any atom is 0.152 e. The van der Waals surface area contributed by atoms with Crippen LogP contribution in [0.1, 0.15) is 12.8 Å². The molecule has 112 valence electrons. The lowest BCUT2D eigenvalue weighted by atomic mass is 10.0. The maximum atomic E-state index is 13.8. The van der Waals surface area contributed by atoms with Gasteiger partial charge in [-0.05, 0) is 30.9 Å². The number of anilines is 1. The van der Waals surface area contributed by atoms with Crippen LogP contribution < -0.4 is 4.90 Å². The van der Waals surface area contributed by atoms with Gasteiger partial charge in [-0.25, -0.2) is 8.78 Å². The van der Waals surface area contributed by atoms with E-state index in [4.69, 9.17) is 4.74 Å². The lowest BCUT2D eigenvalue weighted by molar-refractivity contribution is 0.0576. The van der Waals surface area contributed by atoms with Crippen LogP contribution in [-0.4, -0.2) is 31.8 Å². The molecule has 21 heavy (non-hydrogen) atoms. The van der Waals surface area contributed by atoms with Crippen molar-refractivity contribution in [2.45, 2.75) is 12.8 Å². The molecule has 1 atom stereocenters. The molecule has 3 rings (SSSR count). The van der Waals surface area contributed by atoms with Crippen molar-refractivity contribution in [1.29, 1.82) is 0 Å². The lowest BCUT2D eigenvalue weighted by Gasteiger charge is -2.29. The molecule has 1 fully saturated rings. The number of hydrogen-bond acceptors (Lipinski definition) is 3. The predicted octanol–water partition coefficient (Wildman–Crippen LogP) is 3.38. The number of hydrogen-bond donors (Lipinski definition) is 0. The van der Waals surface area contributed by atoms with Crippen molar-refractivity contribution in [1.82, 2.24) is 4.98 Å². The molecule has 0 bridgehead atoms. The van der Waals surface area contributed by atoms with Crippen LogP contribution >= 0.6 is 0 Å². The van der Waals surface area contributed by atoms with Crippen LogP contribution in [0.4, 0.5) is 14.5 Å². The van der Waals surface area contributed by atoms with Gasteiger partial charge in [0, 0.05) is 43.5 Å². The van der Waals surface area contributed by atoms with E-state index in [-0.39, 0.29) is 5.52 Å². The molecule has 1 aromatic carbocycles. The van der Waals surface area contributed by atoms with E-state index < -0.39 is 11.6 Å². The summed E-state index contributed by atoms with van der Waals surface area (Å²) < 4.78 is 32.8. The minimum absolute atomic E-state index is 0.209. The number of benzene rings is 1. The topological polar surface area (TPSA) is 25.4 Å². The molecule has 1 aliphatic heterocycles. The van der Waals surface area contributed by atoms with E-state index in [1.807, 2.05) is 11.9 Å². The Morgan fingerprint density at radius 3 is 3.00 bits per heavy atom. The number of aromatic nitrogens is 1. The molecule has 2 heterocycles. The van der Waals surface area contributed by atoms with Crippen molar-refractivity contribution in [3.8, 4) is 0 Å². The normalized spacial score (nSPS) is 18.9. The molecule has 1 aliphatic rings. The molecule has 0 radical (unpaired) electrons. The Balaban J connectivity index is 1.91. The Bertz CT molecular complexity index is 641. The summed E-state index contributed by atoms with van der Waals surface area (Å²) in [5, 5.41) is 0.509. The van der Waals surface area contributed by atoms with Gasteiger partial charge in [-0.1, -0.05) is 0 Å². The molecular weight excluding hydrogens is 274 g/mol. The van der Waals surface area contributed by atoms with Crippen molar-refractivity contribution in [3.63, 3.8) is 0 Å². The number of rotatable bonds is 3. The third kappa shape index (κ3) is 2.97. The van der Waals surface area contributed by atoms with E-state index in [1.165, 1.54) is 6.07 Å². The highest BCUT2D eigenvalue weighted by Gasteiger charge is 2.18. The fraction of sp³-hybridized carbons (Fsp3) is 0.438. The molecule has 0 spiro atoms. The largest absolute Gasteiger partial charge is 0.381 e. The Labute approximate surface area is 122 Å². The second-order valence-electron chi connectivity index (χ2n) is 5.58. The highest BCUT2D eigenvalue weighted by Crippen LogP contribution is 2.28. The first-order valence-electron chi connectivity index (χ1n) is 7.18. The summed E-state index contributed by atoms with van der Waals surface area (Å²) in [7, 11) is 1.94. The van der Waals surface area contributed by atoms with E-state index in [9.17, 15) is 8.78 Å². The average molecular weight is 292 g/mol. The number of nitrogens with zero attached hydrogens (tertiary/aromatic N) is 2. The first-order valence-corrected chi connectivity index (χ1v) is 7.18. The fourth-order valence-electron chi connectivity index (χ4n) is 2.93. The molecule has 1 aromatic heterocycles. The van der Waals surface area contributed by atoms with Gasteiger partial charge < -0.3 is 9.64 Å². The molecule has 0 N–H and O–H groups in total. The molecule has 0 aliphatic carbocycles. The summed E-state index contributed by atoms with van der Waals surface area (Å²) in [5.74, 6) is -0.754. The molecule has 3 nitrogen and oxygen atoms in total. The molecule has 5 heteroatoms.